The Morgan fingerprint density at radius 2 is 1.90 bits per heavy atom. The highest BCUT2D eigenvalue weighted by molar-refractivity contribution is 5.96. The van der Waals surface area contributed by atoms with Crippen molar-refractivity contribution < 1.29 is 9.90 Å². The number of hydrogen-bond acceptors (Lipinski definition) is 5. The Labute approximate surface area is 114 Å². The van der Waals surface area contributed by atoms with Crippen molar-refractivity contribution in [3.05, 3.63) is 54.5 Å². The van der Waals surface area contributed by atoms with E-state index in [9.17, 15) is 4.79 Å². The molecule has 2 N–H and O–H groups in total. The second-order valence-corrected chi connectivity index (χ2v) is 4.07. The maximum Gasteiger partial charge on any atom is 0.337 e. The number of aromatic carboxylic acids is 1. The Balaban J connectivity index is 2.08. The summed E-state index contributed by atoms with van der Waals surface area (Å²) >= 11 is 0. The number of carboxylic acids is 1. The van der Waals surface area contributed by atoms with Crippen LogP contribution in [-0.2, 0) is 0 Å². The number of fused-ring (bicyclic) bond motifs is 1. The van der Waals surface area contributed by atoms with Crippen molar-refractivity contribution in [3.8, 4) is 0 Å². The molecule has 6 heteroatoms. The zero-order chi connectivity index (χ0) is 13.9. The second kappa shape index (κ2) is 4.93. The van der Waals surface area contributed by atoms with Crippen LogP contribution in [0.1, 0.15) is 10.4 Å². The fourth-order valence-electron chi connectivity index (χ4n) is 1.89. The molecular weight excluding hydrogens is 256 g/mol. The fraction of sp³-hybridized carbons (Fsp3) is 0. The lowest BCUT2D eigenvalue weighted by molar-refractivity contribution is 0.0698. The van der Waals surface area contributed by atoms with Gasteiger partial charge in [-0.15, -0.1) is 0 Å². The van der Waals surface area contributed by atoms with E-state index in [0.29, 0.717) is 22.5 Å². The van der Waals surface area contributed by atoms with Gasteiger partial charge in [-0.2, -0.15) is 0 Å². The summed E-state index contributed by atoms with van der Waals surface area (Å²) in [5.41, 5.74) is 1.92. The van der Waals surface area contributed by atoms with Crippen molar-refractivity contribution in [3.63, 3.8) is 0 Å². The summed E-state index contributed by atoms with van der Waals surface area (Å²) in [6.07, 6.45) is 3.05. The molecular formula is C14H10N4O2. The predicted molar refractivity (Wildman–Crippen MR) is 74.0 cm³/mol. The van der Waals surface area contributed by atoms with Crippen LogP contribution in [0.2, 0.25) is 0 Å². The van der Waals surface area contributed by atoms with Crippen molar-refractivity contribution in [2.75, 3.05) is 5.32 Å². The van der Waals surface area contributed by atoms with Gasteiger partial charge in [-0.05, 0) is 24.3 Å². The highest BCUT2D eigenvalue weighted by Gasteiger charge is 2.11. The molecule has 0 aliphatic heterocycles. The van der Waals surface area contributed by atoms with Gasteiger partial charge in [-0.1, -0.05) is 12.1 Å². The van der Waals surface area contributed by atoms with E-state index in [1.54, 1.807) is 30.5 Å². The minimum absolute atomic E-state index is 0.176. The quantitative estimate of drug-likeness (QED) is 0.757. The maximum atomic E-state index is 11.2. The van der Waals surface area contributed by atoms with Gasteiger partial charge in [0.25, 0.3) is 0 Å². The SMILES string of the molecule is O=C(O)c1ccccc1Nc1ncnc2cccnc12. The summed E-state index contributed by atoms with van der Waals surface area (Å²) in [5, 5.41) is 12.2. The number of carbonyl (C=O) groups is 1. The van der Waals surface area contributed by atoms with Crippen LogP contribution >= 0.6 is 0 Å². The second-order valence-electron chi connectivity index (χ2n) is 4.07. The fourth-order valence-corrected chi connectivity index (χ4v) is 1.89. The molecule has 0 aliphatic rings. The van der Waals surface area contributed by atoms with E-state index in [-0.39, 0.29) is 5.56 Å². The third-order valence-corrected chi connectivity index (χ3v) is 2.80. The van der Waals surface area contributed by atoms with Gasteiger partial charge in [0.05, 0.1) is 16.8 Å². The number of pyridine rings is 1. The first-order valence-corrected chi connectivity index (χ1v) is 5.91. The average Bonchev–Trinajstić information content (AvgIpc) is 2.48. The number of carboxylic acid groups (broad SMARTS) is 1. The van der Waals surface area contributed by atoms with Gasteiger partial charge in [0.2, 0.25) is 0 Å². The number of rotatable bonds is 3. The molecule has 0 saturated carbocycles. The zero-order valence-electron chi connectivity index (χ0n) is 10.3. The molecule has 2 heterocycles. The molecule has 3 rings (SSSR count). The van der Waals surface area contributed by atoms with E-state index in [1.165, 1.54) is 12.4 Å². The van der Waals surface area contributed by atoms with E-state index in [4.69, 9.17) is 5.11 Å². The van der Waals surface area contributed by atoms with Crippen LogP contribution in [-0.4, -0.2) is 26.0 Å². The minimum Gasteiger partial charge on any atom is -0.478 e. The van der Waals surface area contributed by atoms with Crippen LogP contribution in [0.4, 0.5) is 11.5 Å². The molecule has 2 aromatic heterocycles. The molecule has 0 atom stereocenters. The Morgan fingerprint density at radius 1 is 1.05 bits per heavy atom. The van der Waals surface area contributed by atoms with Crippen LogP contribution in [0, 0.1) is 0 Å². The van der Waals surface area contributed by atoms with E-state index in [2.05, 4.69) is 20.3 Å². The summed E-state index contributed by atoms with van der Waals surface area (Å²) in [6, 6.07) is 10.2. The highest BCUT2D eigenvalue weighted by atomic mass is 16.4. The molecule has 6 nitrogen and oxygen atoms in total. The monoisotopic (exact) mass is 266 g/mol. The first-order valence-electron chi connectivity index (χ1n) is 5.91. The Morgan fingerprint density at radius 3 is 2.75 bits per heavy atom. The number of benzene rings is 1. The van der Waals surface area contributed by atoms with Gasteiger partial charge >= 0.3 is 5.97 Å². The molecule has 98 valence electrons. The van der Waals surface area contributed by atoms with Gasteiger partial charge in [-0.25, -0.2) is 14.8 Å². The summed E-state index contributed by atoms with van der Waals surface area (Å²) in [5.74, 6) is -0.524. The van der Waals surface area contributed by atoms with Crippen LogP contribution in [0.3, 0.4) is 0 Å². The van der Waals surface area contributed by atoms with Gasteiger partial charge in [0, 0.05) is 6.20 Å². The summed E-state index contributed by atoms with van der Waals surface area (Å²) < 4.78 is 0. The smallest absolute Gasteiger partial charge is 0.337 e. The molecule has 0 bridgehead atoms. The number of para-hydroxylation sites is 1. The molecule has 20 heavy (non-hydrogen) atoms. The molecule has 0 radical (unpaired) electrons. The van der Waals surface area contributed by atoms with Crippen molar-refractivity contribution in [1.29, 1.82) is 0 Å². The molecule has 1 aromatic carbocycles. The molecule has 0 saturated heterocycles. The highest BCUT2D eigenvalue weighted by Crippen LogP contribution is 2.23. The van der Waals surface area contributed by atoms with Crippen molar-refractivity contribution in [2.24, 2.45) is 0 Å². The van der Waals surface area contributed by atoms with Gasteiger partial charge < -0.3 is 10.4 Å². The molecule has 0 aliphatic carbocycles. The first-order chi connectivity index (χ1) is 9.75. The molecule has 0 unspecified atom stereocenters. The Hall–Kier alpha value is -3.02. The first kappa shape index (κ1) is 12.0. The number of nitrogens with one attached hydrogen (secondary N) is 1. The number of anilines is 2. The topological polar surface area (TPSA) is 88.0 Å². The van der Waals surface area contributed by atoms with E-state index in [0.717, 1.165) is 0 Å². The predicted octanol–water partition coefficient (Wildman–Crippen LogP) is 2.47. The molecule has 0 fully saturated rings. The summed E-state index contributed by atoms with van der Waals surface area (Å²) in [4.78, 5) is 23.6. The summed E-state index contributed by atoms with van der Waals surface area (Å²) in [7, 11) is 0. The molecule has 0 amide bonds. The number of nitrogens with zero attached hydrogens (tertiary/aromatic N) is 3. The Kier molecular flexibility index (Phi) is 2.96. The zero-order valence-corrected chi connectivity index (χ0v) is 10.3. The van der Waals surface area contributed by atoms with E-state index in [1.807, 2.05) is 6.07 Å². The van der Waals surface area contributed by atoms with Crippen molar-refractivity contribution in [1.82, 2.24) is 15.0 Å². The maximum absolute atomic E-state index is 11.2. The lowest BCUT2D eigenvalue weighted by Crippen LogP contribution is -2.04. The van der Waals surface area contributed by atoms with Gasteiger partial charge in [0.1, 0.15) is 11.8 Å². The summed E-state index contributed by atoms with van der Waals surface area (Å²) in [6.45, 7) is 0. The van der Waals surface area contributed by atoms with Crippen LogP contribution in [0.25, 0.3) is 11.0 Å². The minimum atomic E-state index is -1.00. The lowest BCUT2D eigenvalue weighted by atomic mass is 10.2. The largest absolute Gasteiger partial charge is 0.478 e. The third kappa shape index (κ3) is 2.14. The molecule has 3 aromatic rings. The standard InChI is InChI=1S/C14H10N4O2/c19-14(20)9-4-1-2-5-10(9)18-13-12-11(16-8-17-13)6-3-7-15-12/h1-8H,(H,19,20)(H,16,17,18). The lowest BCUT2D eigenvalue weighted by Gasteiger charge is -2.09. The molecule has 0 spiro atoms. The third-order valence-electron chi connectivity index (χ3n) is 2.80. The average molecular weight is 266 g/mol. The van der Waals surface area contributed by atoms with E-state index < -0.39 is 5.97 Å². The normalized spacial score (nSPS) is 10.4. The van der Waals surface area contributed by atoms with Crippen molar-refractivity contribution in [2.45, 2.75) is 0 Å². The number of aromatic nitrogens is 3. The van der Waals surface area contributed by atoms with Gasteiger partial charge in [-0.3, -0.25) is 4.98 Å². The van der Waals surface area contributed by atoms with Crippen molar-refractivity contribution >= 4 is 28.5 Å². The number of hydrogen-bond donors (Lipinski definition) is 2. The van der Waals surface area contributed by atoms with Crippen LogP contribution in [0.5, 0.6) is 0 Å². The van der Waals surface area contributed by atoms with Crippen LogP contribution in [0.15, 0.2) is 48.9 Å². The van der Waals surface area contributed by atoms with E-state index >= 15 is 0 Å². The van der Waals surface area contributed by atoms with Gasteiger partial charge in [0.15, 0.2) is 5.82 Å². The Bertz CT molecular complexity index is 783. The van der Waals surface area contributed by atoms with Crippen LogP contribution < -0.4 is 5.32 Å².